The van der Waals surface area contributed by atoms with Gasteiger partial charge in [0.1, 0.15) is 5.82 Å². The van der Waals surface area contributed by atoms with Crippen LogP contribution in [0.3, 0.4) is 0 Å². The minimum atomic E-state index is -0.114. The second-order valence-electron chi connectivity index (χ2n) is 5.13. The smallest absolute Gasteiger partial charge is 0.130 e. The molecule has 0 bridgehead atoms. The van der Waals surface area contributed by atoms with E-state index in [2.05, 4.69) is 13.0 Å². The fraction of sp³-hybridized carbons (Fsp3) is 0.467. The molecule has 0 fully saturated rings. The topological polar surface area (TPSA) is 26.0 Å². The van der Waals surface area contributed by atoms with Crippen molar-refractivity contribution in [2.45, 2.75) is 45.1 Å². The SMILES string of the molecule is CCC1(N)CC=C(c2ccc(C)cc2F)CC1. The molecule has 1 aliphatic rings. The van der Waals surface area contributed by atoms with Crippen LogP contribution in [0.5, 0.6) is 0 Å². The van der Waals surface area contributed by atoms with Crippen LogP contribution in [0.25, 0.3) is 5.57 Å². The van der Waals surface area contributed by atoms with Gasteiger partial charge < -0.3 is 5.73 Å². The minimum absolute atomic E-state index is 0.0787. The molecule has 0 radical (unpaired) electrons. The van der Waals surface area contributed by atoms with E-state index in [1.807, 2.05) is 19.1 Å². The molecule has 0 saturated heterocycles. The zero-order valence-corrected chi connectivity index (χ0v) is 10.6. The first-order valence-corrected chi connectivity index (χ1v) is 6.28. The van der Waals surface area contributed by atoms with Crippen molar-refractivity contribution in [3.8, 4) is 0 Å². The molecule has 0 aliphatic heterocycles. The summed E-state index contributed by atoms with van der Waals surface area (Å²) in [5.41, 5.74) is 8.96. The summed E-state index contributed by atoms with van der Waals surface area (Å²) in [7, 11) is 0. The number of aryl methyl sites for hydroxylation is 1. The molecule has 0 aromatic heterocycles. The van der Waals surface area contributed by atoms with Gasteiger partial charge in [0, 0.05) is 11.1 Å². The summed E-state index contributed by atoms with van der Waals surface area (Å²) in [4.78, 5) is 0. The summed E-state index contributed by atoms with van der Waals surface area (Å²) < 4.78 is 13.8. The molecular formula is C15H20FN. The van der Waals surface area contributed by atoms with Gasteiger partial charge in [0.05, 0.1) is 0 Å². The van der Waals surface area contributed by atoms with Gasteiger partial charge >= 0.3 is 0 Å². The zero-order valence-electron chi connectivity index (χ0n) is 10.6. The van der Waals surface area contributed by atoms with Gasteiger partial charge in [0.15, 0.2) is 0 Å². The van der Waals surface area contributed by atoms with Crippen molar-refractivity contribution in [1.29, 1.82) is 0 Å². The lowest BCUT2D eigenvalue weighted by Crippen LogP contribution is -2.40. The number of hydrogen-bond acceptors (Lipinski definition) is 1. The van der Waals surface area contributed by atoms with E-state index < -0.39 is 0 Å². The molecule has 1 aliphatic carbocycles. The molecule has 2 N–H and O–H groups in total. The highest BCUT2D eigenvalue weighted by molar-refractivity contribution is 5.67. The molecule has 0 spiro atoms. The third-order valence-corrected chi connectivity index (χ3v) is 3.82. The molecule has 0 heterocycles. The number of halogens is 1. The first kappa shape index (κ1) is 12.3. The Kier molecular flexibility index (Phi) is 3.34. The van der Waals surface area contributed by atoms with E-state index in [1.165, 1.54) is 0 Å². The molecule has 17 heavy (non-hydrogen) atoms. The summed E-state index contributed by atoms with van der Waals surface area (Å²) in [6.07, 6.45) is 5.77. The summed E-state index contributed by atoms with van der Waals surface area (Å²) in [6, 6.07) is 5.44. The highest BCUT2D eigenvalue weighted by Crippen LogP contribution is 2.34. The lowest BCUT2D eigenvalue weighted by molar-refractivity contribution is 0.379. The van der Waals surface area contributed by atoms with Crippen molar-refractivity contribution >= 4 is 5.57 Å². The lowest BCUT2D eigenvalue weighted by atomic mass is 9.79. The summed E-state index contributed by atoms with van der Waals surface area (Å²) >= 11 is 0. The Morgan fingerprint density at radius 1 is 1.41 bits per heavy atom. The third-order valence-electron chi connectivity index (χ3n) is 3.82. The van der Waals surface area contributed by atoms with Gasteiger partial charge in [0.25, 0.3) is 0 Å². The molecule has 1 aromatic carbocycles. The summed E-state index contributed by atoms with van der Waals surface area (Å²) in [6.45, 7) is 4.02. The van der Waals surface area contributed by atoms with Gasteiger partial charge in [-0.2, -0.15) is 0 Å². The Morgan fingerprint density at radius 3 is 2.71 bits per heavy atom. The molecule has 0 saturated carbocycles. The quantitative estimate of drug-likeness (QED) is 0.826. The molecule has 1 atom stereocenters. The van der Waals surface area contributed by atoms with Crippen LogP contribution in [0.15, 0.2) is 24.3 Å². The van der Waals surface area contributed by atoms with Crippen LogP contribution < -0.4 is 5.73 Å². The van der Waals surface area contributed by atoms with Crippen LogP contribution in [0.2, 0.25) is 0 Å². The van der Waals surface area contributed by atoms with Crippen LogP contribution in [0.4, 0.5) is 4.39 Å². The van der Waals surface area contributed by atoms with Crippen molar-refractivity contribution in [2.24, 2.45) is 5.73 Å². The number of nitrogens with two attached hydrogens (primary N) is 1. The molecule has 2 heteroatoms. The van der Waals surface area contributed by atoms with Crippen LogP contribution in [-0.2, 0) is 0 Å². The van der Waals surface area contributed by atoms with Crippen LogP contribution >= 0.6 is 0 Å². The molecule has 0 amide bonds. The molecule has 92 valence electrons. The van der Waals surface area contributed by atoms with Crippen LogP contribution in [0, 0.1) is 12.7 Å². The average Bonchev–Trinajstić information content (AvgIpc) is 2.31. The molecular weight excluding hydrogens is 213 g/mol. The number of hydrogen-bond donors (Lipinski definition) is 1. The van der Waals surface area contributed by atoms with Crippen molar-refractivity contribution in [2.75, 3.05) is 0 Å². The Hall–Kier alpha value is -1.15. The van der Waals surface area contributed by atoms with Gasteiger partial charge in [-0.15, -0.1) is 0 Å². The Balaban J connectivity index is 2.25. The van der Waals surface area contributed by atoms with Crippen molar-refractivity contribution in [3.05, 3.63) is 41.2 Å². The highest BCUT2D eigenvalue weighted by Gasteiger charge is 2.26. The molecule has 1 aromatic rings. The first-order valence-electron chi connectivity index (χ1n) is 6.28. The Morgan fingerprint density at radius 2 is 2.18 bits per heavy atom. The third kappa shape index (κ3) is 2.58. The predicted molar refractivity (Wildman–Crippen MR) is 70.2 cm³/mol. The van der Waals surface area contributed by atoms with E-state index >= 15 is 0 Å². The fourth-order valence-corrected chi connectivity index (χ4v) is 2.36. The second-order valence-corrected chi connectivity index (χ2v) is 5.13. The Labute approximate surface area is 103 Å². The number of benzene rings is 1. The van der Waals surface area contributed by atoms with Gasteiger partial charge in [0.2, 0.25) is 0 Å². The predicted octanol–water partition coefficient (Wildman–Crippen LogP) is 3.81. The molecule has 1 nitrogen and oxygen atoms in total. The maximum atomic E-state index is 13.8. The standard InChI is InChI=1S/C15H20FN/c1-3-15(17)8-6-12(7-9-15)13-5-4-11(2)10-14(13)16/h4-6,10H,3,7-9,17H2,1-2H3. The van der Waals surface area contributed by atoms with Gasteiger partial charge in [-0.25, -0.2) is 4.39 Å². The van der Waals surface area contributed by atoms with Crippen LogP contribution in [0.1, 0.15) is 43.7 Å². The second kappa shape index (κ2) is 4.61. The fourth-order valence-electron chi connectivity index (χ4n) is 2.36. The minimum Gasteiger partial charge on any atom is -0.325 e. The Bertz CT molecular complexity index is 450. The summed E-state index contributed by atoms with van der Waals surface area (Å²) in [5, 5.41) is 0. The van der Waals surface area contributed by atoms with Crippen molar-refractivity contribution < 1.29 is 4.39 Å². The van der Waals surface area contributed by atoms with Crippen molar-refractivity contribution in [3.63, 3.8) is 0 Å². The largest absolute Gasteiger partial charge is 0.325 e. The maximum absolute atomic E-state index is 13.8. The normalized spacial score (nSPS) is 24.6. The first-order chi connectivity index (χ1) is 8.04. The van der Waals surface area contributed by atoms with E-state index in [0.29, 0.717) is 0 Å². The van der Waals surface area contributed by atoms with E-state index in [9.17, 15) is 4.39 Å². The number of allylic oxidation sites excluding steroid dienone is 1. The van der Waals surface area contributed by atoms with Crippen molar-refractivity contribution in [1.82, 2.24) is 0 Å². The van der Waals surface area contributed by atoms with E-state index in [4.69, 9.17) is 5.73 Å². The summed E-state index contributed by atoms with van der Waals surface area (Å²) in [5.74, 6) is -0.114. The average molecular weight is 233 g/mol. The van der Waals surface area contributed by atoms with Gasteiger partial charge in [-0.05, 0) is 49.8 Å². The lowest BCUT2D eigenvalue weighted by Gasteiger charge is -2.31. The molecule has 1 unspecified atom stereocenters. The molecule has 2 rings (SSSR count). The monoisotopic (exact) mass is 233 g/mol. The van der Waals surface area contributed by atoms with Gasteiger partial charge in [-0.1, -0.05) is 25.1 Å². The number of rotatable bonds is 2. The van der Waals surface area contributed by atoms with E-state index in [1.54, 1.807) is 6.07 Å². The van der Waals surface area contributed by atoms with Crippen LogP contribution in [-0.4, -0.2) is 5.54 Å². The van der Waals surface area contributed by atoms with E-state index in [0.717, 1.165) is 42.4 Å². The van der Waals surface area contributed by atoms with E-state index in [-0.39, 0.29) is 11.4 Å². The highest BCUT2D eigenvalue weighted by atomic mass is 19.1. The maximum Gasteiger partial charge on any atom is 0.130 e. The van der Waals surface area contributed by atoms with Gasteiger partial charge in [-0.3, -0.25) is 0 Å². The zero-order chi connectivity index (χ0) is 12.5.